The van der Waals surface area contributed by atoms with E-state index in [-0.39, 0.29) is 6.42 Å². The van der Waals surface area contributed by atoms with Crippen molar-refractivity contribution in [2.75, 3.05) is 0 Å². The van der Waals surface area contributed by atoms with Crippen LogP contribution in [0.1, 0.15) is 26.7 Å². The Hall–Kier alpha value is -1.36. The Morgan fingerprint density at radius 1 is 1.27 bits per heavy atom. The summed E-state index contributed by atoms with van der Waals surface area (Å²) in [6.07, 6.45) is 0.679. The van der Waals surface area contributed by atoms with E-state index in [0.717, 1.165) is 0 Å². The van der Waals surface area contributed by atoms with Gasteiger partial charge in [-0.25, -0.2) is 0 Å². The van der Waals surface area contributed by atoms with Crippen molar-refractivity contribution in [2.45, 2.75) is 32.8 Å². The van der Waals surface area contributed by atoms with Crippen LogP contribution in [-0.4, -0.2) is 33.4 Å². The molecule has 0 spiro atoms. The van der Waals surface area contributed by atoms with Gasteiger partial charge in [0.15, 0.2) is 0 Å². The highest BCUT2D eigenvalue weighted by molar-refractivity contribution is 5.73. The maximum absolute atomic E-state index is 10.7. The first-order chi connectivity index (χ1) is 6.84. The average molecular weight is 216 g/mol. The Balaban J connectivity index is 4.40. The molecule has 0 amide bonds. The lowest BCUT2D eigenvalue weighted by atomic mass is 9.99. The number of aliphatic carboxylic acids is 2. The van der Waals surface area contributed by atoms with Gasteiger partial charge in [0, 0.05) is 6.42 Å². The van der Waals surface area contributed by atoms with Crippen LogP contribution in [0, 0.1) is 5.92 Å². The number of allylic oxidation sites excluding steroid dienone is 1. The number of hydrogen-bond donors (Lipinski definition) is 3. The Kier molecular flexibility index (Phi) is 5.62. The Bertz CT molecular complexity index is 267. The molecule has 5 heteroatoms. The molecule has 86 valence electrons. The summed E-state index contributed by atoms with van der Waals surface area (Å²) in [7, 11) is 0. The van der Waals surface area contributed by atoms with Crippen LogP contribution in [0.2, 0.25) is 0 Å². The zero-order valence-electron chi connectivity index (χ0n) is 8.80. The zero-order chi connectivity index (χ0) is 12.0. The van der Waals surface area contributed by atoms with Gasteiger partial charge in [-0.3, -0.25) is 9.59 Å². The summed E-state index contributed by atoms with van der Waals surface area (Å²) < 4.78 is 0. The Morgan fingerprint density at radius 3 is 2.13 bits per heavy atom. The van der Waals surface area contributed by atoms with Crippen molar-refractivity contribution in [3.8, 4) is 0 Å². The molecule has 0 fully saturated rings. The first-order valence-electron chi connectivity index (χ1n) is 4.64. The summed E-state index contributed by atoms with van der Waals surface area (Å²) >= 11 is 0. The number of aliphatic hydroxyl groups is 1. The van der Waals surface area contributed by atoms with Crippen LogP contribution in [0.25, 0.3) is 0 Å². The van der Waals surface area contributed by atoms with E-state index in [1.807, 2.05) is 0 Å². The Labute approximate surface area is 88.0 Å². The second kappa shape index (κ2) is 6.19. The summed E-state index contributed by atoms with van der Waals surface area (Å²) in [5, 5.41) is 26.3. The first-order valence-corrected chi connectivity index (χ1v) is 4.64. The lowest BCUT2D eigenvalue weighted by Crippen LogP contribution is -2.23. The third kappa shape index (κ3) is 5.85. The standard InChI is InChI=1S/C10H16O5/c1-6(3-4-9(12)13)5-8(7(2)11)10(14)15/h5,7-8,11H,3-4H2,1-2H3,(H,12,13)(H,14,15). The molecule has 2 atom stereocenters. The predicted molar refractivity (Wildman–Crippen MR) is 53.4 cm³/mol. The van der Waals surface area contributed by atoms with E-state index >= 15 is 0 Å². The summed E-state index contributed by atoms with van der Waals surface area (Å²) in [6, 6.07) is 0. The molecule has 0 saturated carbocycles. The van der Waals surface area contributed by atoms with E-state index in [1.54, 1.807) is 6.92 Å². The highest BCUT2D eigenvalue weighted by Crippen LogP contribution is 2.12. The van der Waals surface area contributed by atoms with Crippen molar-refractivity contribution in [3.63, 3.8) is 0 Å². The van der Waals surface area contributed by atoms with Gasteiger partial charge in [-0.15, -0.1) is 0 Å². The van der Waals surface area contributed by atoms with Gasteiger partial charge in [0.2, 0.25) is 0 Å². The molecular formula is C10H16O5. The van der Waals surface area contributed by atoms with E-state index in [4.69, 9.17) is 15.3 Å². The fourth-order valence-corrected chi connectivity index (χ4v) is 1.11. The molecule has 5 nitrogen and oxygen atoms in total. The number of hydrogen-bond acceptors (Lipinski definition) is 3. The number of rotatable bonds is 6. The molecule has 0 aromatic carbocycles. The molecule has 0 bridgehead atoms. The summed E-state index contributed by atoms with van der Waals surface area (Å²) in [5.74, 6) is -3.01. The van der Waals surface area contributed by atoms with Crippen LogP contribution in [-0.2, 0) is 9.59 Å². The lowest BCUT2D eigenvalue weighted by molar-refractivity contribution is -0.143. The van der Waals surface area contributed by atoms with Gasteiger partial charge in [-0.2, -0.15) is 0 Å². The van der Waals surface area contributed by atoms with E-state index in [2.05, 4.69) is 0 Å². The molecule has 0 aliphatic carbocycles. The molecule has 0 aromatic rings. The highest BCUT2D eigenvalue weighted by Gasteiger charge is 2.20. The smallest absolute Gasteiger partial charge is 0.312 e. The molecule has 0 saturated heterocycles. The van der Waals surface area contributed by atoms with E-state index in [1.165, 1.54) is 13.0 Å². The normalized spacial score (nSPS) is 15.8. The van der Waals surface area contributed by atoms with Gasteiger partial charge in [-0.05, 0) is 20.3 Å². The monoisotopic (exact) mass is 216 g/mol. The van der Waals surface area contributed by atoms with Crippen molar-refractivity contribution in [3.05, 3.63) is 11.6 Å². The van der Waals surface area contributed by atoms with E-state index < -0.39 is 24.0 Å². The van der Waals surface area contributed by atoms with Gasteiger partial charge >= 0.3 is 11.9 Å². The average Bonchev–Trinajstić information content (AvgIpc) is 2.09. The number of aliphatic hydroxyl groups excluding tert-OH is 1. The van der Waals surface area contributed by atoms with Gasteiger partial charge in [0.05, 0.1) is 6.10 Å². The minimum atomic E-state index is -1.11. The molecule has 0 heterocycles. The number of carbonyl (C=O) groups is 2. The topological polar surface area (TPSA) is 94.8 Å². The fraction of sp³-hybridized carbons (Fsp3) is 0.600. The molecule has 0 aliphatic rings. The van der Waals surface area contributed by atoms with Crippen LogP contribution in [0.4, 0.5) is 0 Å². The second-order valence-electron chi connectivity index (χ2n) is 3.51. The molecule has 0 rings (SSSR count). The van der Waals surface area contributed by atoms with E-state index in [0.29, 0.717) is 12.0 Å². The predicted octanol–water partition coefficient (Wildman–Crippen LogP) is 0.879. The number of carboxylic acid groups (broad SMARTS) is 2. The van der Waals surface area contributed by atoms with Gasteiger partial charge in [0.1, 0.15) is 5.92 Å². The van der Waals surface area contributed by atoms with Gasteiger partial charge in [-0.1, -0.05) is 11.6 Å². The van der Waals surface area contributed by atoms with Crippen LogP contribution < -0.4 is 0 Å². The highest BCUT2D eigenvalue weighted by atomic mass is 16.4. The zero-order valence-corrected chi connectivity index (χ0v) is 8.80. The summed E-state index contributed by atoms with van der Waals surface area (Å²) in [5.41, 5.74) is 0.658. The second-order valence-corrected chi connectivity index (χ2v) is 3.51. The third-order valence-electron chi connectivity index (χ3n) is 2.00. The third-order valence-corrected chi connectivity index (χ3v) is 2.00. The van der Waals surface area contributed by atoms with E-state index in [9.17, 15) is 9.59 Å². The maximum atomic E-state index is 10.7. The number of carboxylic acids is 2. The minimum Gasteiger partial charge on any atom is -0.481 e. The van der Waals surface area contributed by atoms with Crippen molar-refractivity contribution < 1.29 is 24.9 Å². The van der Waals surface area contributed by atoms with Crippen LogP contribution in [0.3, 0.4) is 0 Å². The lowest BCUT2D eigenvalue weighted by Gasteiger charge is -2.12. The van der Waals surface area contributed by atoms with Crippen molar-refractivity contribution in [1.82, 2.24) is 0 Å². The summed E-state index contributed by atoms with van der Waals surface area (Å²) in [6.45, 7) is 3.04. The van der Waals surface area contributed by atoms with Crippen LogP contribution in [0.15, 0.2) is 11.6 Å². The van der Waals surface area contributed by atoms with Crippen molar-refractivity contribution in [1.29, 1.82) is 0 Å². The fourth-order valence-electron chi connectivity index (χ4n) is 1.11. The van der Waals surface area contributed by atoms with Crippen LogP contribution >= 0.6 is 0 Å². The first kappa shape index (κ1) is 13.6. The molecule has 0 aromatic heterocycles. The molecule has 3 N–H and O–H groups in total. The van der Waals surface area contributed by atoms with Gasteiger partial charge in [0.25, 0.3) is 0 Å². The summed E-state index contributed by atoms with van der Waals surface area (Å²) in [4.78, 5) is 21.0. The van der Waals surface area contributed by atoms with Gasteiger partial charge < -0.3 is 15.3 Å². The quantitative estimate of drug-likeness (QED) is 0.573. The SMILES string of the molecule is CC(=CC(C(=O)O)C(C)O)CCC(=O)O. The minimum absolute atomic E-state index is 0.0333. The van der Waals surface area contributed by atoms with Crippen LogP contribution in [0.5, 0.6) is 0 Å². The van der Waals surface area contributed by atoms with Crippen molar-refractivity contribution in [2.24, 2.45) is 5.92 Å². The molecule has 0 aliphatic heterocycles. The Morgan fingerprint density at radius 2 is 1.80 bits per heavy atom. The molecule has 15 heavy (non-hydrogen) atoms. The molecule has 0 radical (unpaired) electrons. The largest absolute Gasteiger partial charge is 0.481 e. The maximum Gasteiger partial charge on any atom is 0.312 e. The molecule has 2 unspecified atom stereocenters. The molecular weight excluding hydrogens is 200 g/mol. The van der Waals surface area contributed by atoms with Crippen molar-refractivity contribution >= 4 is 11.9 Å².